The van der Waals surface area contributed by atoms with E-state index in [1.54, 1.807) is 7.11 Å². The van der Waals surface area contributed by atoms with Crippen molar-refractivity contribution < 1.29 is 14.2 Å². The van der Waals surface area contributed by atoms with Crippen LogP contribution in [0.15, 0.2) is 48.5 Å². The topological polar surface area (TPSA) is 32.6 Å². The Labute approximate surface area is 153 Å². The Bertz CT molecular complexity index is 923. The van der Waals surface area contributed by atoms with E-state index < -0.39 is 0 Å². The number of nitrogens with zero attached hydrogens (tertiary/aromatic N) is 1. The van der Waals surface area contributed by atoms with Crippen LogP contribution < -0.4 is 14.2 Å². The molecule has 0 bridgehead atoms. The van der Waals surface area contributed by atoms with Gasteiger partial charge in [-0.1, -0.05) is 12.1 Å². The lowest BCUT2D eigenvalue weighted by atomic mass is 10.1. The van der Waals surface area contributed by atoms with E-state index in [0.717, 1.165) is 41.5 Å². The molecule has 0 atom stereocenters. The van der Waals surface area contributed by atoms with Gasteiger partial charge in [-0.3, -0.25) is 0 Å². The molecule has 0 radical (unpaired) electrons. The maximum absolute atomic E-state index is 5.99. The van der Waals surface area contributed by atoms with Crippen LogP contribution in [0.3, 0.4) is 0 Å². The first-order valence-corrected chi connectivity index (χ1v) is 8.86. The molecule has 2 aromatic carbocycles. The standard InChI is InChI=1S/C22H23NO3/c1-15-4-5-16(2)23(15)20-12-17(6-9-21(20)24-3)14-26-19-8-7-18-10-11-25-22(18)13-19/h4-9,12-13H,10-11,14H2,1-3H3. The molecular formula is C22H23NO3. The molecule has 2 heterocycles. The van der Waals surface area contributed by atoms with Gasteiger partial charge in [0.25, 0.3) is 0 Å². The fourth-order valence-corrected chi connectivity index (χ4v) is 3.45. The van der Waals surface area contributed by atoms with Crippen LogP contribution >= 0.6 is 0 Å². The highest BCUT2D eigenvalue weighted by atomic mass is 16.5. The molecule has 1 aromatic heterocycles. The minimum absolute atomic E-state index is 0.495. The highest BCUT2D eigenvalue weighted by molar-refractivity contribution is 5.52. The fraction of sp³-hybridized carbons (Fsp3) is 0.273. The van der Waals surface area contributed by atoms with Gasteiger partial charge in [-0.05, 0) is 55.3 Å². The van der Waals surface area contributed by atoms with E-state index in [1.807, 2.05) is 24.3 Å². The summed E-state index contributed by atoms with van der Waals surface area (Å²) in [7, 11) is 1.70. The number of hydrogen-bond donors (Lipinski definition) is 0. The largest absolute Gasteiger partial charge is 0.495 e. The molecule has 4 heteroatoms. The fourth-order valence-electron chi connectivity index (χ4n) is 3.45. The lowest BCUT2D eigenvalue weighted by Gasteiger charge is -2.16. The summed E-state index contributed by atoms with van der Waals surface area (Å²) in [6, 6.07) is 16.5. The molecule has 0 N–H and O–H groups in total. The third kappa shape index (κ3) is 3.03. The van der Waals surface area contributed by atoms with Crippen LogP contribution in [-0.4, -0.2) is 18.3 Å². The molecule has 0 amide bonds. The molecule has 0 unspecified atom stereocenters. The highest BCUT2D eigenvalue weighted by Crippen LogP contribution is 2.31. The van der Waals surface area contributed by atoms with Crippen LogP contribution in [0.5, 0.6) is 17.2 Å². The summed E-state index contributed by atoms with van der Waals surface area (Å²) in [6.45, 7) is 5.45. The third-order valence-corrected chi connectivity index (χ3v) is 4.83. The van der Waals surface area contributed by atoms with E-state index in [1.165, 1.54) is 17.0 Å². The Hall–Kier alpha value is -2.88. The van der Waals surface area contributed by atoms with Crippen LogP contribution in [0.4, 0.5) is 0 Å². The minimum Gasteiger partial charge on any atom is -0.495 e. The van der Waals surface area contributed by atoms with Crippen molar-refractivity contribution in [2.75, 3.05) is 13.7 Å². The smallest absolute Gasteiger partial charge is 0.142 e. The van der Waals surface area contributed by atoms with Gasteiger partial charge in [-0.25, -0.2) is 0 Å². The van der Waals surface area contributed by atoms with Crippen LogP contribution in [0, 0.1) is 13.8 Å². The van der Waals surface area contributed by atoms with Crippen LogP contribution in [0.1, 0.15) is 22.5 Å². The summed E-state index contributed by atoms with van der Waals surface area (Å²) in [5.74, 6) is 2.62. The second-order valence-corrected chi connectivity index (χ2v) is 6.61. The van der Waals surface area contributed by atoms with Crippen molar-refractivity contribution in [3.63, 3.8) is 0 Å². The second kappa shape index (κ2) is 6.79. The SMILES string of the molecule is COc1ccc(COc2ccc3c(c2)OCC3)cc1-n1c(C)ccc1C. The Morgan fingerprint density at radius 3 is 2.58 bits per heavy atom. The Kier molecular flexibility index (Phi) is 4.33. The molecule has 1 aliphatic heterocycles. The van der Waals surface area contributed by atoms with E-state index >= 15 is 0 Å². The van der Waals surface area contributed by atoms with Crippen LogP contribution in [-0.2, 0) is 13.0 Å². The summed E-state index contributed by atoms with van der Waals surface area (Å²) < 4.78 is 19.4. The van der Waals surface area contributed by atoms with Gasteiger partial charge in [0.15, 0.2) is 0 Å². The molecule has 1 aliphatic rings. The highest BCUT2D eigenvalue weighted by Gasteiger charge is 2.14. The van der Waals surface area contributed by atoms with Gasteiger partial charge in [0.1, 0.15) is 23.9 Å². The van der Waals surface area contributed by atoms with Gasteiger partial charge in [0, 0.05) is 23.9 Å². The third-order valence-electron chi connectivity index (χ3n) is 4.83. The van der Waals surface area contributed by atoms with Gasteiger partial charge in [0.2, 0.25) is 0 Å². The second-order valence-electron chi connectivity index (χ2n) is 6.61. The number of aromatic nitrogens is 1. The lowest BCUT2D eigenvalue weighted by Crippen LogP contribution is -2.04. The quantitative estimate of drug-likeness (QED) is 0.674. The first kappa shape index (κ1) is 16.6. The molecule has 134 valence electrons. The molecule has 4 nitrogen and oxygen atoms in total. The van der Waals surface area contributed by atoms with E-state index in [-0.39, 0.29) is 0 Å². The molecule has 26 heavy (non-hydrogen) atoms. The lowest BCUT2D eigenvalue weighted by molar-refractivity contribution is 0.302. The summed E-state index contributed by atoms with van der Waals surface area (Å²) in [5.41, 5.74) is 5.73. The summed E-state index contributed by atoms with van der Waals surface area (Å²) in [4.78, 5) is 0. The number of aryl methyl sites for hydroxylation is 2. The summed E-state index contributed by atoms with van der Waals surface area (Å²) in [6.07, 6.45) is 0.979. The Balaban J connectivity index is 1.59. The Morgan fingerprint density at radius 1 is 1.00 bits per heavy atom. The van der Waals surface area contributed by atoms with Crippen molar-refractivity contribution in [2.45, 2.75) is 26.9 Å². The van der Waals surface area contributed by atoms with Gasteiger partial charge in [-0.2, -0.15) is 0 Å². The number of ether oxygens (including phenoxy) is 3. The van der Waals surface area contributed by atoms with Crippen molar-refractivity contribution >= 4 is 0 Å². The number of hydrogen-bond acceptors (Lipinski definition) is 3. The van der Waals surface area contributed by atoms with Gasteiger partial charge in [-0.15, -0.1) is 0 Å². The van der Waals surface area contributed by atoms with Gasteiger partial charge in [0.05, 0.1) is 19.4 Å². The molecule has 3 aromatic rings. The van der Waals surface area contributed by atoms with Gasteiger partial charge < -0.3 is 18.8 Å². The number of fused-ring (bicyclic) bond motifs is 1. The zero-order valence-corrected chi connectivity index (χ0v) is 15.4. The predicted octanol–water partition coefficient (Wildman–Crippen LogP) is 4.62. The minimum atomic E-state index is 0.495. The van der Waals surface area contributed by atoms with E-state index in [0.29, 0.717) is 6.61 Å². The summed E-state index contributed by atoms with van der Waals surface area (Å²) in [5, 5.41) is 0. The average molecular weight is 349 g/mol. The van der Waals surface area contributed by atoms with Crippen molar-refractivity contribution in [3.8, 4) is 22.9 Å². The molecule has 0 saturated heterocycles. The Morgan fingerprint density at radius 2 is 1.81 bits per heavy atom. The number of rotatable bonds is 5. The average Bonchev–Trinajstić information content (AvgIpc) is 3.25. The maximum atomic E-state index is 5.99. The van der Waals surface area contributed by atoms with Crippen molar-refractivity contribution in [2.24, 2.45) is 0 Å². The molecule has 4 rings (SSSR count). The number of benzene rings is 2. The van der Waals surface area contributed by atoms with Crippen LogP contribution in [0.25, 0.3) is 5.69 Å². The normalized spacial score (nSPS) is 12.6. The first-order valence-electron chi connectivity index (χ1n) is 8.86. The van der Waals surface area contributed by atoms with Crippen molar-refractivity contribution in [3.05, 3.63) is 71.0 Å². The van der Waals surface area contributed by atoms with E-state index in [9.17, 15) is 0 Å². The zero-order valence-electron chi connectivity index (χ0n) is 15.4. The first-order chi connectivity index (χ1) is 12.7. The van der Waals surface area contributed by atoms with E-state index in [4.69, 9.17) is 14.2 Å². The molecule has 0 spiro atoms. The molecule has 0 saturated carbocycles. The molecule has 0 aliphatic carbocycles. The molecular weight excluding hydrogens is 326 g/mol. The van der Waals surface area contributed by atoms with Gasteiger partial charge >= 0.3 is 0 Å². The predicted molar refractivity (Wildman–Crippen MR) is 102 cm³/mol. The summed E-state index contributed by atoms with van der Waals surface area (Å²) >= 11 is 0. The van der Waals surface area contributed by atoms with E-state index in [2.05, 4.69) is 42.7 Å². The van der Waals surface area contributed by atoms with Crippen LogP contribution in [0.2, 0.25) is 0 Å². The van der Waals surface area contributed by atoms with Crippen molar-refractivity contribution in [1.82, 2.24) is 4.57 Å². The zero-order chi connectivity index (χ0) is 18.1. The monoisotopic (exact) mass is 349 g/mol. The molecule has 0 fully saturated rings. The maximum Gasteiger partial charge on any atom is 0.142 e. The number of methoxy groups -OCH3 is 1. The van der Waals surface area contributed by atoms with Crippen molar-refractivity contribution in [1.29, 1.82) is 0 Å².